The summed E-state index contributed by atoms with van der Waals surface area (Å²) in [6, 6.07) is 16.9. The minimum atomic E-state index is 0.260. The van der Waals surface area contributed by atoms with Gasteiger partial charge in [-0.3, -0.25) is 9.47 Å². The smallest absolute Gasteiger partial charge is 0.231 e. The van der Waals surface area contributed by atoms with Crippen LogP contribution in [0.5, 0.6) is 11.5 Å². The molecular formula is C25H28N4O2S. The van der Waals surface area contributed by atoms with Gasteiger partial charge in [0.05, 0.1) is 6.67 Å². The fourth-order valence-corrected chi connectivity index (χ4v) is 5.90. The Bertz CT molecular complexity index is 1170. The second-order valence-corrected chi connectivity index (χ2v) is 9.42. The van der Waals surface area contributed by atoms with E-state index in [9.17, 15) is 0 Å². The summed E-state index contributed by atoms with van der Waals surface area (Å²) in [7, 11) is 0. The van der Waals surface area contributed by atoms with E-state index in [-0.39, 0.29) is 6.79 Å². The molecule has 0 bridgehead atoms. The van der Waals surface area contributed by atoms with Crippen LogP contribution in [0.1, 0.15) is 38.5 Å². The van der Waals surface area contributed by atoms with E-state index < -0.39 is 0 Å². The number of nitrogens with zero attached hydrogens (tertiary/aromatic N) is 4. The number of para-hydroxylation sites is 1. The van der Waals surface area contributed by atoms with Gasteiger partial charge in [0.1, 0.15) is 0 Å². The van der Waals surface area contributed by atoms with Gasteiger partial charge in [0, 0.05) is 23.8 Å². The van der Waals surface area contributed by atoms with Crippen molar-refractivity contribution in [1.82, 2.24) is 19.2 Å². The molecule has 0 amide bonds. The fourth-order valence-electron chi connectivity index (χ4n) is 5.61. The first-order valence-electron chi connectivity index (χ1n) is 11.7. The normalized spacial score (nSPS) is 22.6. The van der Waals surface area contributed by atoms with Crippen LogP contribution in [0.25, 0.3) is 17.1 Å². The SMILES string of the molecule is S=c1n(CN2CCCC3CCCCC32)nc(-c2ccc3c(c2)OCO3)n1-c1ccccc1. The van der Waals surface area contributed by atoms with Gasteiger partial charge in [-0.1, -0.05) is 31.0 Å². The maximum atomic E-state index is 5.99. The van der Waals surface area contributed by atoms with Gasteiger partial charge >= 0.3 is 0 Å². The van der Waals surface area contributed by atoms with E-state index in [2.05, 4.69) is 21.6 Å². The molecule has 1 saturated heterocycles. The lowest BCUT2D eigenvalue weighted by molar-refractivity contribution is 0.0324. The van der Waals surface area contributed by atoms with Crippen molar-refractivity contribution in [2.75, 3.05) is 13.3 Å². The summed E-state index contributed by atoms with van der Waals surface area (Å²) in [6.45, 7) is 2.13. The summed E-state index contributed by atoms with van der Waals surface area (Å²) in [5.41, 5.74) is 1.99. The van der Waals surface area contributed by atoms with Gasteiger partial charge in [-0.15, -0.1) is 5.10 Å². The van der Waals surface area contributed by atoms with Crippen LogP contribution in [0, 0.1) is 10.7 Å². The summed E-state index contributed by atoms with van der Waals surface area (Å²) in [4.78, 5) is 2.62. The molecule has 2 unspecified atom stereocenters. The Morgan fingerprint density at radius 2 is 1.75 bits per heavy atom. The Kier molecular flexibility index (Phi) is 5.23. The standard InChI is InChI=1S/C25H28N4O2S/c32-25-28(16-27-14-6-8-18-7-4-5-11-21(18)27)26-24(29(25)20-9-2-1-3-10-20)19-12-13-22-23(15-19)31-17-30-22/h1-3,9-10,12-13,15,18,21H,4-8,11,14,16-17H2. The van der Waals surface area contributed by atoms with Gasteiger partial charge in [-0.05, 0) is 74.2 Å². The number of hydrogen-bond donors (Lipinski definition) is 0. The molecule has 3 heterocycles. The number of ether oxygens (including phenoxy) is 2. The Labute approximate surface area is 193 Å². The van der Waals surface area contributed by atoms with Crippen LogP contribution < -0.4 is 9.47 Å². The van der Waals surface area contributed by atoms with Crippen molar-refractivity contribution >= 4 is 12.2 Å². The van der Waals surface area contributed by atoms with Crippen LogP contribution >= 0.6 is 12.2 Å². The van der Waals surface area contributed by atoms with Crippen LogP contribution in [-0.4, -0.2) is 38.6 Å². The first-order valence-corrected chi connectivity index (χ1v) is 12.1. The first kappa shape index (κ1) is 20.0. The van der Waals surface area contributed by atoms with Gasteiger partial charge < -0.3 is 9.47 Å². The molecule has 32 heavy (non-hydrogen) atoms. The molecular weight excluding hydrogens is 420 g/mol. The lowest BCUT2D eigenvalue weighted by Gasteiger charge is -2.43. The molecule has 1 aliphatic carbocycles. The molecule has 0 radical (unpaired) electrons. The number of fused-ring (bicyclic) bond motifs is 2. The second-order valence-electron chi connectivity index (χ2n) is 9.05. The molecule has 3 aliphatic rings. The maximum absolute atomic E-state index is 5.99. The Balaban J connectivity index is 1.41. The predicted octanol–water partition coefficient (Wildman–Crippen LogP) is 5.41. The highest BCUT2D eigenvalue weighted by Gasteiger charge is 2.33. The van der Waals surface area contributed by atoms with Crippen molar-refractivity contribution in [3.63, 3.8) is 0 Å². The highest BCUT2D eigenvalue weighted by molar-refractivity contribution is 7.71. The molecule has 2 aliphatic heterocycles. The lowest BCUT2D eigenvalue weighted by atomic mass is 9.78. The maximum Gasteiger partial charge on any atom is 0.231 e. The first-order chi connectivity index (χ1) is 15.8. The number of benzene rings is 2. The van der Waals surface area contributed by atoms with Gasteiger partial charge in [0.15, 0.2) is 17.3 Å². The molecule has 0 spiro atoms. The molecule has 7 heteroatoms. The third-order valence-electron chi connectivity index (χ3n) is 7.16. The monoisotopic (exact) mass is 448 g/mol. The van der Waals surface area contributed by atoms with Crippen molar-refractivity contribution < 1.29 is 9.47 Å². The van der Waals surface area contributed by atoms with Crippen LogP contribution in [0.15, 0.2) is 48.5 Å². The zero-order valence-corrected chi connectivity index (χ0v) is 19.0. The summed E-state index contributed by atoms with van der Waals surface area (Å²) in [5, 5.41) is 5.05. The zero-order chi connectivity index (χ0) is 21.5. The highest BCUT2D eigenvalue weighted by Crippen LogP contribution is 2.37. The van der Waals surface area contributed by atoms with E-state index in [1.165, 1.54) is 38.5 Å². The highest BCUT2D eigenvalue weighted by atomic mass is 32.1. The number of piperidine rings is 1. The lowest BCUT2D eigenvalue weighted by Crippen LogP contribution is -2.47. The molecule has 3 aromatic rings. The minimum Gasteiger partial charge on any atom is -0.454 e. The van der Waals surface area contributed by atoms with Crippen LogP contribution in [0.2, 0.25) is 0 Å². The number of hydrogen-bond acceptors (Lipinski definition) is 5. The predicted molar refractivity (Wildman–Crippen MR) is 126 cm³/mol. The average molecular weight is 449 g/mol. The Morgan fingerprint density at radius 1 is 0.938 bits per heavy atom. The summed E-state index contributed by atoms with van der Waals surface area (Å²) >= 11 is 5.99. The Morgan fingerprint density at radius 3 is 2.66 bits per heavy atom. The van der Waals surface area contributed by atoms with E-state index in [1.54, 1.807) is 0 Å². The van der Waals surface area contributed by atoms with Crippen molar-refractivity contribution in [1.29, 1.82) is 0 Å². The van der Waals surface area contributed by atoms with Gasteiger partial charge in [-0.25, -0.2) is 4.68 Å². The molecule has 0 N–H and O–H groups in total. The summed E-state index contributed by atoms with van der Waals surface area (Å²) in [5.74, 6) is 3.19. The van der Waals surface area contributed by atoms with Crippen molar-refractivity contribution in [3.05, 3.63) is 53.3 Å². The van der Waals surface area contributed by atoms with Gasteiger partial charge in [-0.2, -0.15) is 0 Å². The third kappa shape index (κ3) is 3.53. The van der Waals surface area contributed by atoms with Gasteiger partial charge in [0.2, 0.25) is 11.6 Å². The topological polar surface area (TPSA) is 44.5 Å². The van der Waals surface area contributed by atoms with Crippen LogP contribution in [0.4, 0.5) is 0 Å². The van der Waals surface area contributed by atoms with Crippen molar-refractivity contribution in [3.8, 4) is 28.6 Å². The molecule has 6 rings (SSSR count). The van der Waals surface area contributed by atoms with E-state index in [1.807, 2.05) is 41.1 Å². The third-order valence-corrected chi connectivity index (χ3v) is 7.55. The molecule has 166 valence electrons. The minimum absolute atomic E-state index is 0.260. The quantitative estimate of drug-likeness (QED) is 0.499. The molecule has 2 aromatic carbocycles. The van der Waals surface area contributed by atoms with E-state index in [4.69, 9.17) is 26.8 Å². The molecule has 1 saturated carbocycles. The van der Waals surface area contributed by atoms with E-state index in [0.717, 1.165) is 52.5 Å². The number of aromatic nitrogens is 3. The molecule has 2 atom stereocenters. The van der Waals surface area contributed by atoms with E-state index in [0.29, 0.717) is 6.04 Å². The molecule has 6 nitrogen and oxygen atoms in total. The zero-order valence-electron chi connectivity index (χ0n) is 18.2. The average Bonchev–Trinajstić information content (AvgIpc) is 3.44. The van der Waals surface area contributed by atoms with Gasteiger partial charge in [0.25, 0.3) is 0 Å². The Hall–Kier alpha value is -2.64. The number of likely N-dealkylation sites (tertiary alicyclic amines) is 1. The van der Waals surface area contributed by atoms with E-state index >= 15 is 0 Å². The number of rotatable bonds is 4. The van der Waals surface area contributed by atoms with Crippen LogP contribution in [0.3, 0.4) is 0 Å². The summed E-state index contributed by atoms with van der Waals surface area (Å²) < 4.78 is 15.9. The second kappa shape index (κ2) is 8.37. The van der Waals surface area contributed by atoms with Crippen molar-refractivity contribution in [2.45, 2.75) is 51.2 Å². The molecule has 2 fully saturated rings. The summed E-state index contributed by atoms with van der Waals surface area (Å²) in [6.07, 6.45) is 8.02. The fraction of sp³-hybridized carbons (Fsp3) is 0.440. The molecule has 1 aromatic heterocycles. The van der Waals surface area contributed by atoms with Crippen LogP contribution in [-0.2, 0) is 6.67 Å². The largest absolute Gasteiger partial charge is 0.454 e. The van der Waals surface area contributed by atoms with Crippen molar-refractivity contribution in [2.24, 2.45) is 5.92 Å².